The van der Waals surface area contributed by atoms with Crippen molar-refractivity contribution in [2.24, 2.45) is 4.99 Å². The molecule has 3 aliphatic rings. The first kappa shape index (κ1) is 19.0. The minimum atomic E-state index is -0.572. The number of aliphatic imine (C=N–C) groups is 1. The van der Waals surface area contributed by atoms with E-state index in [4.69, 9.17) is 9.15 Å². The molecular weight excluding hydrogens is 404 g/mol. The number of benzene rings is 2. The van der Waals surface area contributed by atoms with Crippen molar-refractivity contribution >= 4 is 34.6 Å². The van der Waals surface area contributed by atoms with E-state index in [1.54, 1.807) is 0 Å². The monoisotopic (exact) mass is 426 g/mol. The maximum atomic E-state index is 12.8. The number of carbonyl (C=O) groups is 1. The van der Waals surface area contributed by atoms with Crippen LogP contribution in [-0.4, -0.2) is 25.0 Å². The maximum absolute atomic E-state index is 12.8. The van der Waals surface area contributed by atoms with Crippen LogP contribution < -0.4 is 10.5 Å². The Kier molecular flexibility index (Phi) is 4.28. The summed E-state index contributed by atoms with van der Waals surface area (Å²) in [6, 6.07) is 11.5. The second-order valence-corrected chi connectivity index (χ2v) is 8.67. The molecule has 4 heterocycles. The molecule has 0 saturated carbocycles. The number of hydrogen-bond donors (Lipinski definition) is 0. The van der Waals surface area contributed by atoms with Gasteiger partial charge in [0.15, 0.2) is 5.70 Å². The van der Waals surface area contributed by atoms with Gasteiger partial charge in [0.05, 0.1) is 5.56 Å². The lowest BCUT2D eigenvalue weighted by Gasteiger charge is -2.37. The molecular formula is C26H22N2O4. The minimum Gasteiger partial charge on any atom is -0.422 e. The Labute approximate surface area is 184 Å². The maximum Gasteiger partial charge on any atom is 0.363 e. The van der Waals surface area contributed by atoms with E-state index in [-0.39, 0.29) is 11.6 Å². The number of anilines is 1. The van der Waals surface area contributed by atoms with Gasteiger partial charge in [-0.15, -0.1) is 0 Å². The molecule has 0 fully saturated rings. The summed E-state index contributed by atoms with van der Waals surface area (Å²) < 4.78 is 11.2. The molecule has 6 rings (SSSR count). The molecule has 0 unspecified atom stereocenters. The second-order valence-electron chi connectivity index (χ2n) is 8.67. The van der Waals surface area contributed by atoms with Gasteiger partial charge in [0, 0.05) is 35.3 Å². The standard InChI is InChI=1S/C26H22N2O4/c1-15-5-2-6-17(11-15)24-27-21(26(30)32-24)14-19-13-18-12-16-7-3-9-28-10-4-8-20(22(16)28)23(18)31-25(19)29/h2,5-6,11-14H,3-4,7-10H2,1H3/b21-14-. The summed E-state index contributed by atoms with van der Waals surface area (Å²) in [7, 11) is 0. The van der Waals surface area contributed by atoms with Gasteiger partial charge in [-0.3, -0.25) is 0 Å². The molecule has 6 heteroatoms. The van der Waals surface area contributed by atoms with Gasteiger partial charge >= 0.3 is 11.6 Å². The van der Waals surface area contributed by atoms with Gasteiger partial charge in [-0.05, 0) is 68.5 Å². The number of esters is 1. The van der Waals surface area contributed by atoms with Crippen molar-refractivity contribution in [2.75, 3.05) is 18.0 Å². The van der Waals surface area contributed by atoms with Crippen LogP contribution in [0.3, 0.4) is 0 Å². The van der Waals surface area contributed by atoms with Crippen molar-refractivity contribution in [1.82, 2.24) is 0 Å². The van der Waals surface area contributed by atoms with Crippen LogP contribution in [-0.2, 0) is 22.4 Å². The SMILES string of the molecule is Cc1cccc(C2=N/C(=C\c3cc4cc5c6c(c4oc3=O)CCCN6CCC5)C(=O)O2)c1. The Morgan fingerprint density at radius 3 is 2.75 bits per heavy atom. The molecule has 3 aliphatic heterocycles. The van der Waals surface area contributed by atoms with Crippen LogP contribution in [0, 0.1) is 6.92 Å². The molecule has 32 heavy (non-hydrogen) atoms. The fourth-order valence-corrected chi connectivity index (χ4v) is 5.02. The Balaban J connectivity index is 1.45. The fraction of sp³-hybridized carbons (Fsp3) is 0.269. The van der Waals surface area contributed by atoms with E-state index < -0.39 is 11.6 Å². The number of carbonyl (C=O) groups excluding carboxylic acids is 1. The molecule has 0 saturated heterocycles. The molecule has 0 bridgehead atoms. The Bertz CT molecular complexity index is 1410. The number of aryl methyl sites for hydroxylation is 3. The number of hydrogen-bond acceptors (Lipinski definition) is 6. The van der Waals surface area contributed by atoms with Crippen molar-refractivity contribution in [2.45, 2.75) is 32.6 Å². The summed E-state index contributed by atoms with van der Waals surface area (Å²) in [5.41, 5.74) is 6.07. The van der Waals surface area contributed by atoms with Gasteiger partial charge in [-0.1, -0.05) is 17.7 Å². The molecule has 2 aromatic carbocycles. The van der Waals surface area contributed by atoms with Crippen LogP contribution in [0.4, 0.5) is 5.69 Å². The normalized spacial score (nSPS) is 18.7. The summed E-state index contributed by atoms with van der Waals surface area (Å²) in [5.74, 6) is -0.328. The first-order valence-corrected chi connectivity index (χ1v) is 11.0. The highest BCUT2D eigenvalue weighted by Gasteiger charge is 2.28. The van der Waals surface area contributed by atoms with Crippen LogP contribution in [0.5, 0.6) is 0 Å². The van der Waals surface area contributed by atoms with E-state index >= 15 is 0 Å². The smallest absolute Gasteiger partial charge is 0.363 e. The van der Waals surface area contributed by atoms with Gasteiger partial charge in [-0.2, -0.15) is 0 Å². The highest BCUT2D eigenvalue weighted by molar-refractivity contribution is 6.13. The number of rotatable bonds is 2. The Morgan fingerprint density at radius 1 is 1.06 bits per heavy atom. The van der Waals surface area contributed by atoms with E-state index in [9.17, 15) is 9.59 Å². The van der Waals surface area contributed by atoms with Gasteiger partial charge in [0.25, 0.3) is 0 Å². The molecule has 0 atom stereocenters. The van der Waals surface area contributed by atoms with Crippen LogP contribution in [0.2, 0.25) is 0 Å². The fourth-order valence-electron chi connectivity index (χ4n) is 5.02. The van der Waals surface area contributed by atoms with E-state index in [1.807, 2.05) is 37.3 Å². The van der Waals surface area contributed by atoms with Crippen LogP contribution in [0.1, 0.15) is 40.7 Å². The summed E-state index contributed by atoms with van der Waals surface area (Å²) >= 11 is 0. The molecule has 0 N–H and O–H groups in total. The minimum absolute atomic E-state index is 0.0960. The average molecular weight is 426 g/mol. The lowest BCUT2D eigenvalue weighted by atomic mass is 9.90. The topological polar surface area (TPSA) is 72.1 Å². The first-order chi connectivity index (χ1) is 15.6. The summed E-state index contributed by atoms with van der Waals surface area (Å²) in [5, 5.41) is 0.892. The molecule has 0 radical (unpaired) electrons. The van der Waals surface area contributed by atoms with E-state index in [0.29, 0.717) is 11.1 Å². The van der Waals surface area contributed by atoms with Crippen LogP contribution in [0.25, 0.3) is 17.0 Å². The number of ether oxygens (including phenoxy) is 1. The predicted octanol–water partition coefficient (Wildman–Crippen LogP) is 4.14. The lowest BCUT2D eigenvalue weighted by molar-refractivity contribution is -0.129. The average Bonchev–Trinajstić information content (AvgIpc) is 3.15. The zero-order valence-electron chi connectivity index (χ0n) is 17.8. The molecule has 0 amide bonds. The van der Waals surface area contributed by atoms with Gasteiger partial charge in [0.1, 0.15) is 5.58 Å². The third kappa shape index (κ3) is 3.06. The second kappa shape index (κ2) is 7.19. The number of fused-ring (bicyclic) bond motifs is 2. The largest absolute Gasteiger partial charge is 0.422 e. The number of cyclic esters (lactones) is 1. The Morgan fingerprint density at radius 2 is 1.91 bits per heavy atom. The van der Waals surface area contributed by atoms with Crippen molar-refractivity contribution in [3.63, 3.8) is 0 Å². The van der Waals surface area contributed by atoms with Crippen molar-refractivity contribution < 1.29 is 13.9 Å². The van der Waals surface area contributed by atoms with E-state index in [1.165, 1.54) is 17.3 Å². The molecule has 0 spiro atoms. The molecule has 6 nitrogen and oxygen atoms in total. The quantitative estimate of drug-likeness (QED) is 0.350. The summed E-state index contributed by atoms with van der Waals surface area (Å²) in [6.07, 6.45) is 5.60. The van der Waals surface area contributed by atoms with E-state index in [2.05, 4.69) is 16.0 Å². The van der Waals surface area contributed by atoms with Gasteiger partial charge in [-0.25, -0.2) is 14.6 Å². The van der Waals surface area contributed by atoms with Crippen molar-refractivity contribution in [3.8, 4) is 0 Å². The van der Waals surface area contributed by atoms with Crippen molar-refractivity contribution in [1.29, 1.82) is 0 Å². The Hall–Kier alpha value is -3.67. The summed E-state index contributed by atoms with van der Waals surface area (Å²) in [6.45, 7) is 4.08. The first-order valence-electron chi connectivity index (χ1n) is 11.0. The third-order valence-corrected chi connectivity index (χ3v) is 6.42. The molecule has 160 valence electrons. The van der Waals surface area contributed by atoms with Crippen LogP contribution >= 0.6 is 0 Å². The molecule has 0 aliphatic carbocycles. The van der Waals surface area contributed by atoms with E-state index in [0.717, 1.165) is 60.8 Å². The predicted molar refractivity (Wildman–Crippen MR) is 123 cm³/mol. The zero-order valence-corrected chi connectivity index (χ0v) is 17.8. The van der Waals surface area contributed by atoms with Gasteiger partial charge < -0.3 is 14.1 Å². The van der Waals surface area contributed by atoms with Gasteiger partial charge in [0.2, 0.25) is 5.90 Å². The molecule has 1 aromatic heterocycles. The highest BCUT2D eigenvalue weighted by Crippen LogP contribution is 2.39. The number of nitrogens with zero attached hydrogens (tertiary/aromatic N) is 2. The highest BCUT2D eigenvalue weighted by atomic mass is 16.6. The zero-order chi connectivity index (χ0) is 21.8. The molecule has 3 aromatic rings. The summed E-state index contributed by atoms with van der Waals surface area (Å²) in [4.78, 5) is 32.0. The van der Waals surface area contributed by atoms with Crippen LogP contribution in [0.15, 0.2) is 56.3 Å². The third-order valence-electron chi connectivity index (χ3n) is 6.42. The lowest BCUT2D eigenvalue weighted by Crippen LogP contribution is -2.34. The van der Waals surface area contributed by atoms with Crippen molar-refractivity contribution in [3.05, 3.63) is 80.3 Å².